The molecule has 0 bridgehead atoms. The van der Waals surface area contributed by atoms with Crippen molar-refractivity contribution in [2.24, 2.45) is 0 Å². The van der Waals surface area contributed by atoms with Crippen molar-refractivity contribution in [3.63, 3.8) is 0 Å². The molecule has 7 heteroatoms. The number of hydrogen-bond donors (Lipinski definition) is 2. The highest BCUT2D eigenvalue weighted by molar-refractivity contribution is 6.04. The SMILES string of the molecule is Cc1ccc(C(=O)Nc2cccc(CNC(=O)c3c(C)nn4cccnc34)c2)cc1. The first kappa shape index (κ1) is 19.3. The summed E-state index contributed by atoms with van der Waals surface area (Å²) >= 11 is 0. The molecule has 0 radical (unpaired) electrons. The summed E-state index contributed by atoms with van der Waals surface area (Å²) in [6.07, 6.45) is 3.39. The van der Waals surface area contributed by atoms with Crippen molar-refractivity contribution in [2.45, 2.75) is 20.4 Å². The van der Waals surface area contributed by atoms with Gasteiger partial charge in [0.15, 0.2) is 5.65 Å². The molecule has 2 N–H and O–H groups in total. The lowest BCUT2D eigenvalue weighted by Gasteiger charge is -2.09. The van der Waals surface area contributed by atoms with Gasteiger partial charge in [-0.25, -0.2) is 9.50 Å². The third kappa shape index (κ3) is 4.05. The molecule has 2 amide bonds. The molecule has 2 aromatic heterocycles. The average Bonchev–Trinajstić information content (AvgIpc) is 3.08. The van der Waals surface area contributed by atoms with Gasteiger partial charge in [-0.2, -0.15) is 5.10 Å². The first-order valence-corrected chi connectivity index (χ1v) is 9.56. The summed E-state index contributed by atoms with van der Waals surface area (Å²) in [6.45, 7) is 4.07. The van der Waals surface area contributed by atoms with Crippen molar-refractivity contribution in [1.29, 1.82) is 0 Å². The molecule has 0 fully saturated rings. The van der Waals surface area contributed by atoms with Gasteiger partial charge in [-0.1, -0.05) is 29.8 Å². The third-order valence-corrected chi connectivity index (χ3v) is 4.75. The fourth-order valence-corrected chi connectivity index (χ4v) is 3.20. The molecule has 2 aromatic carbocycles. The van der Waals surface area contributed by atoms with Crippen LogP contribution in [0, 0.1) is 13.8 Å². The normalized spacial score (nSPS) is 10.7. The molecule has 0 aliphatic rings. The zero-order valence-electron chi connectivity index (χ0n) is 16.7. The Morgan fingerprint density at radius 1 is 1.00 bits per heavy atom. The smallest absolute Gasteiger partial charge is 0.257 e. The number of benzene rings is 2. The highest BCUT2D eigenvalue weighted by atomic mass is 16.2. The highest BCUT2D eigenvalue weighted by Crippen LogP contribution is 2.15. The van der Waals surface area contributed by atoms with Gasteiger partial charge in [0.25, 0.3) is 11.8 Å². The fraction of sp³-hybridized carbons (Fsp3) is 0.130. The van der Waals surface area contributed by atoms with E-state index in [0.29, 0.717) is 34.7 Å². The van der Waals surface area contributed by atoms with E-state index in [1.165, 1.54) is 0 Å². The van der Waals surface area contributed by atoms with Crippen LogP contribution in [0.25, 0.3) is 5.65 Å². The number of nitrogens with zero attached hydrogens (tertiary/aromatic N) is 3. The molecule has 0 spiro atoms. The van der Waals surface area contributed by atoms with E-state index in [0.717, 1.165) is 11.1 Å². The standard InChI is InChI=1S/C23H21N5O2/c1-15-7-9-18(10-8-15)22(29)26-19-6-3-5-17(13-19)14-25-23(30)20-16(2)27-28-12-4-11-24-21(20)28/h3-13H,14H2,1-2H3,(H,25,30)(H,26,29). The van der Waals surface area contributed by atoms with Gasteiger partial charge in [-0.05, 0) is 49.7 Å². The monoisotopic (exact) mass is 399 g/mol. The van der Waals surface area contributed by atoms with Gasteiger partial charge in [-0.3, -0.25) is 9.59 Å². The zero-order valence-corrected chi connectivity index (χ0v) is 16.7. The molecular formula is C23H21N5O2. The zero-order chi connectivity index (χ0) is 21.1. The van der Waals surface area contributed by atoms with Gasteiger partial charge < -0.3 is 10.6 Å². The molecule has 150 valence electrons. The Hall–Kier alpha value is -4.00. The quantitative estimate of drug-likeness (QED) is 0.537. The van der Waals surface area contributed by atoms with E-state index in [9.17, 15) is 9.59 Å². The summed E-state index contributed by atoms with van der Waals surface area (Å²) in [5, 5.41) is 10.1. The number of aryl methyl sites for hydroxylation is 2. The number of carbonyl (C=O) groups excluding carboxylic acids is 2. The summed E-state index contributed by atoms with van der Waals surface area (Å²) in [5.41, 5.74) is 4.82. The van der Waals surface area contributed by atoms with Crippen LogP contribution in [0.4, 0.5) is 5.69 Å². The Bertz CT molecular complexity index is 1230. The third-order valence-electron chi connectivity index (χ3n) is 4.75. The van der Waals surface area contributed by atoms with E-state index in [4.69, 9.17) is 0 Å². The summed E-state index contributed by atoms with van der Waals surface area (Å²) in [7, 11) is 0. The average molecular weight is 399 g/mol. The summed E-state index contributed by atoms with van der Waals surface area (Å²) in [6, 6.07) is 16.5. The Kier molecular flexibility index (Phi) is 5.26. The Morgan fingerprint density at radius 3 is 2.60 bits per heavy atom. The predicted molar refractivity (Wildman–Crippen MR) is 114 cm³/mol. The van der Waals surface area contributed by atoms with Crippen molar-refractivity contribution in [1.82, 2.24) is 19.9 Å². The van der Waals surface area contributed by atoms with Gasteiger partial charge in [0.05, 0.1) is 5.69 Å². The van der Waals surface area contributed by atoms with Crippen LogP contribution in [0.2, 0.25) is 0 Å². The van der Waals surface area contributed by atoms with Crippen LogP contribution in [0.1, 0.15) is 37.5 Å². The molecule has 4 rings (SSSR count). The van der Waals surface area contributed by atoms with E-state index in [1.54, 1.807) is 42.0 Å². The number of carbonyl (C=O) groups is 2. The van der Waals surface area contributed by atoms with Gasteiger partial charge in [0, 0.05) is 30.2 Å². The minimum atomic E-state index is -0.240. The van der Waals surface area contributed by atoms with E-state index in [1.807, 2.05) is 43.3 Å². The van der Waals surface area contributed by atoms with Crippen LogP contribution in [0.5, 0.6) is 0 Å². The first-order valence-electron chi connectivity index (χ1n) is 9.56. The second kappa shape index (κ2) is 8.16. The van der Waals surface area contributed by atoms with Gasteiger partial charge in [-0.15, -0.1) is 0 Å². The largest absolute Gasteiger partial charge is 0.348 e. The van der Waals surface area contributed by atoms with Gasteiger partial charge in [0.2, 0.25) is 0 Å². The maximum Gasteiger partial charge on any atom is 0.257 e. The number of aromatic nitrogens is 3. The van der Waals surface area contributed by atoms with Crippen LogP contribution >= 0.6 is 0 Å². The molecule has 30 heavy (non-hydrogen) atoms. The maximum atomic E-state index is 12.7. The van der Waals surface area contributed by atoms with Crippen LogP contribution in [0.15, 0.2) is 67.0 Å². The van der Waals surface area contributed by atoms with Crippen molar-refractivity contribution in [3.05, 3.63) is 94.9 Å². The van der Waals surface area contributed by atoms with Crippen LogP contribution in [0.3, 0.4) is 0 Å². The lowest BCUT2D eigenvalue weighted by atomic mass is 10.1. The molecular weight excluding hydrogens is 378 g/mol. The molecule has 0 aliphatic carbocycles. The minimum absolute atomic E-state index is 0.177. The molecule has 2 heterocycles. The topological polar surface area (TPSA) is 88.4 Å². The number of nitrogens with one attached hydrogen (secondary N) is 2. The molecule has 0 saturated carbocycles. The molecule has 0 unspecified atom stereocenters. The Labute approximate surface area is 173 Å². The van der Waals surface area contributed by atoms with Gasteiger partial charge in [0.1, 0.15) is 5.56 Å². The first-order chi connectivity index (χ1) is 14.5. The van der Waals surface area contributed by atoms with E-state index >= 15 is 0 Å². The molecule has 0 saturated heterocycles. The van der Waals surface area contributed by atoms with E-state index in [-0.39, 0.29) is 11.8 Å². The number of rotatable bonds is 5. The Morgan fingerprint density at radius 2 is 1.80 bits per heavy atom. The predicted octanol–water partition coefficient (Wildman–Crippen LogP) is 3.53. The van der Waals surface area contributed by atoms with Crippen LogP contribution < -0.4 is 10.6 Å². The second-order valence-electron chi connectivity index (χ2n) is 7.05. The number of anilines is 1. The fourth-order valence-electron chi connectivity index (χ4n) is 3.20. The number of hydrogen-bond acceptors (Lipinski definition) is 4. The summed E-state index contributed by atoms with van der Waals surface area (Å²) < 4.78 is 1.59. The van der Waals surface area contributed by atoms with Crippen LogP contribution in [-0.2, 0) is 6.54 Å². The molecule has 7 nitrogen and oxygen atoms in total. The molecule has 0 atom stereocenters. The van der Waals surface area contributed by atoms with Crippen molar-refractivity contribution in [2.75, 3.05) is 5.32 Å². The number of fused-ring (bicyclic) bond motifs is 1. The second-order valence-corrected chi connectivity index (χ2v) is 7.05. The lowest BCUT2D eigenvalue weighted by molar-refractivity contribution is 0.0950. The summed E-state index contributed by atoms with van der Waals surface area (Å²) in [4.78, 5) is 29.4. The highest BCUT2D eigenvalue weighted by Gasteiger charge is 2.17. The summed E-state index contributed by atoms with van der Waals surface area (Å²) in [5.74, 6) is -0.417. The van der Waals surface area contributed by atoms with Gasteiger partial charge >= 0.3 is 0 Å². The minimum Gasteiger partial charge on any atom is -0.348 e. The van der Waals surface area contributed by atoms with Crippen molar-refractivity contribution < 1.29 is 9.59 Å². The van der Waals surface area contributed by atoms with Crippen molar-refractivity contribution in [3.8, 4) is 0 Å². The lowest BCUT2D eigenvalue weighted by Crippen LogP contribution is -2.23. The van der Waals surface area contributed by atoms with E-state index < -0.39 is 0 Å². The molecule has 0 aliphatic heterocycles. The number of amides is 2. The molecule has 4 aromatic rings. The Balaban J connectivity index is 1.44. The van der Waals surface area contributed by atoms with Crippen LogP contribution in [-0.4, -0.2) is 26.4 Å². The van der Waals surface area contributed by atoms with E-state index in [2.05, 4.69) is 20.7 Å². The van der Waals surface area contributed by atoms with Crippen molar-refractivity contribution >= 4 is 23.1 Å². The maximum absolute atomic E-state index is 12.7.